The maximum absolute atomic E-state index is 15.4. The highest BCUT2D eigenvalue weighted by Crippen LogP contribution is 2.50. The molecule has 0 aliphatic carbocycles. The molecule has 39 heavy (non-hydrogen) atoms. The van der Waals surface area contributed by atoms with Gasteiger partial charge in [-0.1, -0.05) is 19.0 Å². The van der Waals surface area contributed by atoms with Crippen molar-refractivity contribution in [2.24, 2.45) is 16.1 Å². The molecule has 1 unspecified atom stereocenters. The van der Waals surface area contributed by atoms with Crippen LogP contribution in [0.5, 0.6) is 0 Å². The van der Waals surface area contributed by atoms with Crippen LogP contribution in [-0.2, 0) is 22.3 Å². The lowest BCUT2D eigenvalue weighted by Crippen LogP contribution is -2.60. The van der Waals surface area contributed by atoms with Gasteiger partial charge in [0.2, 0.25) is 6.19 Å². The quantitative estimate of drug-likeness (QED) is 0.199. The first-order valence-corrected chi connectivity index (χ1v) is 11.3. The Balaban J connectivity index is 1.59. The number of hydrogen-bond acceptors (Lipinski definition) is 5. The van der Waals surface area contributed by atoms with E-state index in [2.05, 4.69) is 20.0 Å². The zero-order valence-corrected chi connectivity index (χ0v) is 20.1. The van der Waals surface area contributed by atoms with E-state index >= 15 is 4.39 Å². The Hall–Kier alpha value is -3.83. The largest absolute Gasteiger partial charge is 0.435 e. The van der Waals surface area contributed by atoms with Gasteiger partial charge in [0.05, 0.1) is 36.5 Å². The number of oxime groups is 1. The molecule has 15 heteroatoms. The van der Waals surface area contributed by atoms with E-state index in [1.54, 1.807) is 24.9 Å². The Kier molecular flexibility index (Phi) is 6.81. The van der Waals surface area contributed by atoms with Crippen LogP contribution in [0.4, 0.5) is 39.5 Å². The van der Waals surface area contributed by atoms with Crippen LogP contribution in [0, 0.1) is 29.0 Å². The molecule has 1 aromatic carbocycles. The van der Waals surface area contributed by atoms with Gasteiger partial charge in [0.25, 0.3) is 5.60 Å². The molecule has 0 bridgehead atoms. The van der Waals surface area contributed by atoms with Crippen LogP contribution in [0.25, 0.3) is 0 Å². The number of nitrogens with zero attached hydrogens (tertiary/aromatic N) is 5. The van der Waals surface area contributed by atoms with Crippen molar-refractivity contribution in [3.8, 4) is 6.19 Å². The summed E-state index contributed by atoms with van der Waals surface area (Å²) < 4.78 is 125. The predicted octanol–water partition coefficient (Wildman–Crippen LogP) is 5.98. The molecule has 0 N–H and O–H groups in total. The monoisotopic (exact) mass is 563 g/mol. The predicted molar refractivity (Wildman–Crippen MR) is 118 cm³/mol. The summed E-state index contributed by atoms with van der Waals surface area (Å²) in [7, 11) is 0. The van der Waals surface area contributed by atoms with E-state index in [1.165, 1.54) is 12.1 Å². The van der Waals surface area contributed by atoms with Gasteiger partial charge < -0.3 is 9.74 Å². The third kappa shape index (κ3) is 4.87. The first kappa shape index (κ1) is 28.2. The minimum Gasteiger partial charge on any atom is -0.374 e. The summed E-state index contributed by atoms with van der Waals surface area (Å²) in [4.78, 5) is 13.8. The van der Waals surface area contributed by atoms with Crippen LogP contribution < -0.4 is 0 Å². The third-order valence-electron chi connectivity index (χ3n) is 6.43. The Morgan fingerprint density at radius 3 is 2.31 bits per heavy atom. The standard InChI is InChI=1S/C24H18F9N5O/c1-12(2)20(36-11-34)38-9-21(27,10-38)18-4-3-13(8-35-18)17-7-22(39-37-17,24(31,32)33)14-5-15(23(28,29)30)19(26)16(25)6-14/h3-6,8,12H,7,9-10H2,1-2H3. The Morgan fingerprint density at radius 2 is 1.79 bits per heavy atom. The fraction of sp³-hybridized carbons (Fsp3) is 0.417. The van der Waals surface area contributed by atoms with E-state index in [-0.39, 0.29) is 42.4 Å². The highest BCUT2D eigenvalue weighted by Gasteiger charge is 2.63. The topological polar surface area (TPSA) is 73.9 Å². The molecule has 0 radical (unpaired) electrons. The maximum Gasteiger partial charge on any atom is 0.435 e. The molecule has 1 atom stereocenters. The van der Waals surface area contributed by atoms with E-state index in [9.17, 15) is 35.1 Å². The molecule has 0 amide bonds. The van der Waals surface area contributed by atoms with Gasteiger partial charge in [-0.3, -0.25) is 4.98 Å². The number of halogens is 9. The van der Waals surface area contributed by atoms with Crippen LogP contribution in [0.15, 0.2) is 40.6 Å². The fourth-order valence-corrected chi connectivity index (χ4v) is 4.42. The lowest BCUT2D eigenvalue weighted by Gasteiger charge is -2.46. The normalized spacial score (nSPS) is 21.4. The molecule has 0 saturated carbocycles. The molecule has 3 heterocycles. The van der Waals surface area contributed by atoms with E-state index < -0.39 is 58.5 Å². The third-order valence-corrected chi connectivity index (χ3v) is 6.43. The van der Waals surface area contributed by atoms with E-state index in [1.807, 2.05) is 0 Å². The molecule has 2 aliphatic heterocycles. The molecule has 4 rings (SSSR count). The fourth-order valence-electron chi connectivity index (χ4n) is 4.42. The summed E-state index contributed by atoms with van der Waals surface area (Å²) in [5, 5.41) is 12.2. The summed E-state index contributed by atoms with van der Waals surface area (Å²) in [6.07, 6.45) is -9.38. The highest BCUT2D eigenvalue weighted by atomic mass is 19.4. The minimum absolute atomic E-state index is 0.0197. The maximum atomic E-state index is 15.4. The van der Waals surface area contributed by atoms with Gasteiger partial charge in [-0.05, 0) is 24.3 Å². The highest BCUT2D eigenvalue weighted by molar-refractivity contribution is 6.01. The number of aromatic nitrogens is 1. The molecule has 208 valence electrons. The number of aliphatic imine (C=N–C) groups is 1. The van der Waals surface area contributed by atoms with Gasteiger partial charge in [-0.15, -0.1) is 0 Å². The lowest BCUT2D eigenvalue weighted by molar-refractivity contribution is -0.276. The number of hydrogen-bond donors (Lipinski definition) is 0. The van der Waals surface area contributed by atoms with Crippen LogP contribution >= 0.6 is 0 Å². The molecular formula is C24H18F9N5O. The first-order valence-electron chi connectivity index (χ1n) is 11.3. The van der Waals surface area contributed by atoms with Crippen molar-refractivity contribution in [2.45, 2.75) is 43.9 Å². The second-order valence-corrected chi connectivity index (χ2v) is 9.43. The lowest BCUT2D eigenvalue weighted by atomic mass is 9.85. The van der Waals surface area contributed by atoms with E-state index in [0.29, 0.717) is 5.84 Å². The second kappa shape index (κ2) is 9.42. The van der Waals surface area contributed by atoms with Crippen molar-refractivity contribution in [1.82, 2.24) is 9.88 Å². The van der Waals surface area contributed by atoms with Crippen LogP contribution in [0.2, 0.25) is 0 Å². The number of rotatable bonds is 4. The van der Waals surface area contributed by atoms with Gasteiger partial charge in [-0.2, -0.15) is 36.6 Å². The van der Waals surface area contributed by atoms with Gasteiger partial charge in [0.1, 0.15) is 5.84 Å². The molecule has 1 saturated heterocycles. The van der Waals surface area contributed by atoms with Crippen LogP contribution in [0.1, 0.15) is 42.7 Å². The number of amidine groups is 1. The molecule has 2 aliphatic rings. The first-order chi connectivity index (χ1) is 18.0. The smallest absolute Gasteiger partial charge is 0.374 e. The minimum atomic E-state index is -5.48. The molecule has 0 spiro atoms. The van der Waals surface area contributed by atoms with Gasteiger partial charge in [-0.25, -0.2) is 13.2 Å². The van der Waals surface area contributed by atoms with E-state index in [4.69, 9.17) is 5.26 Å². The van der Waals surface area contributed by atoms with Crippen LogP contribution in [0.3, 0.4) is 0 Å². The zero-order valence-electron chi connectivity index (χ0n) is 20.1. The van der Waals surface area contributed by atoms with Crippen molar-refractivity contribution in [2.75, 3.05) is 13.1 Å². The number of pyridine rings is 1. The van der Waals surface area contributed by atoms with Gasteiger partial charge in [0.15, 0.2) is 17.3 Å². The summed E-state index contributed by atoms with van der Waals surface area (Å²) >= 11 is 0. The summed E-state index contributed by atoms with van der Waals surface area (Å²) in [6, 6.07) is 2.23. The Bertz CT molecular complexity index is 1370. The molecule has 1 aromatic heterocycles. The SMILES string of the molecule is CC(C)C(=NC#N)N1CC(F)(c2ccc(C3=NOC(c4cc(F)c(F)c(C(F)(F)F)c4)(C(F)(F)F)C3)cn2)C1. The summed E-state index contributed by atoms with van der Waals surface area (Å²) in [5.74, 6) is -4.26. The molecule has 6 nitrogen and oxygen atoms in total. The summed E-state index contributed by atoms with van der Waals surface area (Å²) in [6.45, 7) is 3.21. The average molecular weight is 563 g/mol. The second-order valence-electron chi connectivity index (χ2n) is 9.43. The number of alkyl halides is 7. The van der Waals surface area contributed by atoms with Crippen molar-refractivity contribution < 1.29 is 44.4 Å². The van der Waals surface area contributed by atoms with Gasteiger partial charge in [0, 0.05) is 23.2 Å². The number of likely N-dealkylation sites (tertiary alicyclic amines) is 1. The van der Waals surface area contributed by atoms with E-state index in [0.717, 1.165) is 6.20 Å². The van der Waals surface area contributed by atoms with Crippen LogP contribution in [-0.4, -0.2) is 40.7 Å². The van der Waals surface area contributed by atoms with Crippen molar-refractivity contribution in [1.29, 1.82) is 5.26 Å². The average Bonchev–Trinajstić information content (AvgIpc) is 3.28. The molecule has 2 aromatic rings. The van der Waals surface area contributed by atoms with Gasteiger partial charge >= 0.3 is 12.4 Å². The van der Waals surface area contributed by atoms with Crippen molar-refractivity contribution in [3.63, 3.8) is 0 Å². The molecule has 1 fully saturated rings. The zero-order chi connectivity index (χ0) is 29.0. The Morgan fingerprint density at radius 1 is 1.13 bits per heavy atom. The van der Waals surface area contributed by atoms with Crippen molar-refractivity contribution in [3.05, 3.63) is 64.5 Å². The Labute approximate surface area is 215 Å². The molecular weight excluding hydrogens is 545 g/mol. The number of nitriles is 1. The summed E-state index contributed by atoms with van der Waals surface area (Å²) in [5.41, 5.74) is -9.56. The van der Waals surface area contributed by atoms with Crippen molar-refractivity contribution >= 4 is 11.5 Å². The number of benzene rings is 1.